The number of piperazine rings is 1. The Hall–Kier alpha value is -3.43. The Labute approximate surface area is 184 Å². The number of benzene rings is 1. The SMILES string of the molecule is COC1NCC2CC(=O)CC1(c1ncnc3ccncc13)N2C(=O)OCc1ccccc1. The van der Waals surface area contributed by atoms with Gasteiger partial charge in [0, 0.05) is 44.3 Å². The number of pyridine rings is 1. The molecule has 3 unspecified atom stereocenters. The van der Waals surface area contributed by atoms with Crippen LogP contribution in [0.4, 0.5) is 4.79 Å². The second-order valence-electron chi connectivity index (χ2n) is 8.05. The van der Waals surface area contributed by atoms with Crippen molar-refractivity contribution >= 4 is 22.8 Å². The average molecular weight is 433 g/mol. The summed E-state index contributed by atoms with van der Waals surface area (Å²) in [5, 5.41) is 4.01. The lowest BCUT2D eigenvalue weighted by Gasteiger charge is -2.56. The largest absolute Gasteiger partial charge is 0.445 e. The highest BCUT2D eigenvalue weighted by molar-refractivity contribution is 5.88. The predicted octanol–water partition coefficient (Wildman–Crippen LogP) is 2.17. The number of carbonyl (C=O) groups excluding carboxylic acids is 2. The number of ketones is 1. The molecule has 2 saturated heterocycles. The molecule has 1 aromatic carbocycles. The molecule has 2 fully saturated rings. The van der Waals surface area contributed by atoms with Crippen molar-refractivity contribution in [3.05, 3.63) is 66.4 Å². The summed E-state index contributed by atoms with van der Waals surface area (Å²) in [6.45, 7) is 0.539. The highest BCUT2D eigenvalue weighted by Crippen LogP contribution is 2.45. The number of methoxy groups -OCH3 is 1. The molecular weight excluding hydrogens is 410 g/mol. The van der Waals surface area contributed by atoms with Gasteiger partial charge in [-0.1, -0.05) is 30.3 Å². The van der Waals surface area contributed by atoms with Crippen LogP contribution in [0.25, 0.3) is 10.9 Å². The summed E-state index contributed by atoms with van der Waals surface area (Å²) in [6.07, 6.45) is 3.86. The Bertz CT molecular complexity index is 1150. The molecule has 2 bridgehead atoms. The van der Waals surface area contributed by atoms with E-state index in [0.29, 0.717) is 23.1 Å². The minimum absolute atomic E-state index is 0.0429. The molecule has 2 aromatic heterocycles. The van der Waals surface area contributed by atoms with Crippen LogP contribution in [-0.2, 0) is 26.4 Å². The van der Waals surface area contributed by atoms with E-state index in [-0.39, 0.29) is 31.3 Å². The summed E-state index contributed by atoms with van der Waals surface area (Å²) >= 11 is 0. The third kappa shape index (κ3) is 3.30. The number of Topliss-reactive ketones (excluding diaryl/α,β-unsaturated/α-hetero) is 1. The predicted molar refractivity (Wildman–Crippen MR) is 114 cm³/mol. The molecule has 4 heterocycles. The lowest BCUT2D eigenvalue weighted by molar-refractivity contribution is -0.155. The van der Waals surface area contributed by atoms with Gasteiger partial charge in [0.1, 0.15) is 30.5 Å². The number of piperidine rings is 1. The van der Waals surface area contributed by atoms with Gasteiger partial charge in [-0.2, -0.15) is 0 Å². The zero-order valence-electron chi connectivity index (χ0n) is 17.6. The van der Waals surface area contributed by atoms with E-state index in [0.717, 1.165) is 5.56 Å². The van der Waals surface area contributed by atoms with Gasteiger partial charge in [0.05, 0.1) is 17.3 Å². The van der Waals surface area contributed by atoms with E-state index in [9.17, 15) is 9.59 Å². The molecule has 0 aliphatic carbocycles. The molecule has 3 aromatic rings. The van der Waals surface area contributed by atoms with Gasteiger partial charge in [-0.3, -0.25) is 20.0 Å². The van der Waals surface area contributed by atoms with Crippen LogP contribution >= 0.6 is 0 Å². The van der Waals surface area contributed by atoms with Gasteiger partial charge in [0.15, 0.2) is 0 Å². The Kier molecular flexibility index (Phi) is 5.28. The minimum atomic E-state index is -1.19. The molecule has 1 amide bonds. The second-order valence-corrected chi connectivity index (χ2v) is 8.05. The van der Waals surface area contributed by atoms with E-state index in [2.05, 4.69) is 20.3 Å². The molecule has 164 valence electrons. The number of amides is 1. The summed E-state index contributed by atoms with van der Waals surface area (Å²) in [7, 11) is 1.55. The van der Waals surface area contributed by atoms with E-state index in [1.54, 1.807) is 30.5 Å². The molecule has 32 heavy (non-hydrogen) atoms. The van der Waals surface area contributed by atoms with Gasteiger partial charge >= 0.3 is 6.09 Å². The molecule has 9 nitrogen and oxygen atoms in total. The molecule has 0 saturated carbocycles. The van der Waals surface area contributed by atoms with Crippen molar-refractivity contribution in [2.24, 2.45) is 0 Å². The number of ether oxygens (including phenoxy) is 2. The number of aromatic nitrogens is 3. The maximum atomic E-state index is 13.5. The fourth-order valence-electron chi connectivity index (χ4n) is 4.88. The van der Waals surface area contributed by atoms with Crippen LogP contribution in [0.3, 0.4) is 0 Å². The van der Waals surface area contributed by atoms with Crippen LogP contribution in [0.2, 0.25) is 0 Å². The van der Waals surface area contributed by atoms with E-state index in [1.807, 2.05) is 30.3 Å². The van der Waals surface area contributed by atoms with Gasteiger partial charge in [0.25, 0.3) is 0 Å². The monoisotopic (exact) mass is 433 g/mol. The molecule has 2 aliphatic rings. The molecule has 2 aliphatic heterocycles. The van der Waals surface area contributed by atoms with Crippen molar-refractivity contribution in [2.45, 2.75) is 37.3 Å². The molecule has 0 spiro atoms. The van der Waals surface area contributed by atoms with Crippen LogP contribution in [0, 0.1) is 0 Å². The van der Waals surface area contributed by atoms with Crippen LogP contribution in [-0.4, -0.2) is 57.7 Å². The summed E-state index contributed by atoms with van der Waals surface area (Å²) in [5.41, 5.74) is 0.882. The maximum Gasteiger partial charge on any atom is 0.411 e. The zero-order valence-corrected chi connectivity index (χ0v) is 17.6. The summed E-state index contributed by atoms with van der Waals surface area (Å²) in [5.74, 6) is 0.0429. The third-order valence-electron chi connectivity index (χ3n) is 6.18. The Balaban J connectivity index is 1.62. The normalized spacial score (nSPS) is 25.0. The molecule has 3 atom stereocenters. The van der Waals surface area contributed by atoms with Crippen molar-refractivity contribution in [1.82, 2.24) is 25.2 Å². The average Bonchev–Trinajstić information content (AvgIpc) is 2.82. The Morgan fingerprint density at radius 3 is 2.91 bits per heavy atom. The molecule has 5 rings (SSSR count). The number of fused-ring (bicyclic) bond motifs is 3. The van der Waals surface area contributed by atoms with Gasteiger partial charge in [-0.15, -0.1) is 0 Å². The van der Waals surface area contributed by atoms with Gasteiger partial charge in [-0.05, 0) is 11.6 Å². The van der Waals surface area contributed by atoms with Crippen molar-refractivity contribution in [1.29, 1.82) is 0 Å². The van der Waals surface area contributed by atoms with E-state index < -0.39 is 17.9 Å². The first-order valence-corrected chi connectivity index (χ1v) is 10.5. The lowest BCUT2D eigenvalue weighted by atomic mass is 9.75. The maximum absolute atomic E-state index is 13.5. The zero-order chi connectivity index (χ0) is 22.1. The lowest BCUT2D eigenvalue weighted by Crippen LogP contribution is -2.74. The first-order valence-electron chi connectivity index (χ1n) is 10.5. The van der Waals surface area contributed by atoms with Crippen molar-refractivity contribution < 1.29 is 19.1 Å². The number of hydrogen-bond donors (Lipinski definition) is 1. The number of hydrogen-bond acceptors (Lipinski definition) is 8. The molecular formula is C23H23N5O4. The van der Waals surface area contributed by atoms with Crippen molar-refractivity contribution in [2.75, 3.05) is 13.7 Å². The molecule has 1 N–H and O–H groups in total. The first kappa shape index (κ1) is 20.5. The second kappa shape index (κ2) is 8.25. The third-order valence-corrected chi connectivity index (χ3v) is 6.18. The first-order chi connectivity index (χ1) is 15.6. The summed E-state index contributed by atoms with van der Waals surface area (Å²) in [6, 6.07) is 10.9. The van der Waals surface area contributed by atoms with Crippen molar-refractivity contribution in [3.8, 4) is 0 Å². The molecule has 0 radical (unpaired) electrons. The fourth-order valence-corrected chi connectivity index (χ4v) is 4.88. The van der Waals surface area contributed by atoms with E-state index in [4.69, 9.17) is 9.47 Å². The van der Waals surface area contributed by atoms with Crippen molar-refractivity contribution in [3.63, 3.8) is 0 Å². The highest BCUT2D eigenvalue weighted by Gasteiger charge is 2.60. The van der Waals surface area contributed by atoms with E-state index >= 15 is 0 Å². The van der Waals surface area contributed by atoms with Gasteiger partial charge < -0.3 is 9.47 Å². The van der Waals surface area contributed by atoms with Crippen LogP contribution < -0.4 is 5.32 Å². The Morgan fingerprint density at radius 1 is 1.25 bits per heavy atom. The van der Waals surface area contributed by atoms with Gasteiger partial charge in [-0.25, -0.2) is 14.8 Å². The number of carbonyl (C=O) groups is 2. The number of nitrogens with zero attached hydrogens (tertiary/aromatic N) is 4. The minimum Gasteiger partial charge on any atom is -0.445 e. The molecule has 9 heteroatoms. The van der Waals surface area contributed by atoms with Crippen LogP contribution in [0.15, 0.2) is 55.1 Å². The topological polar surface area (TPSA) is 107 Å². The standard InChI is InChI=1S/C23H23N5O4/c1-31-21-23(20-18-12-24-8-7-19(18)26-14-27-20)10-17(29)9-16(11-25-21)28(23)22(30)32-13-15-5-3-2-4-6-15/h2-8,12,14,16,21,25H,9-11,13H2,1H3. The quantitative estimate of drug-likeness (QED) is 0.667. The number of nitrogens with one attached hydrogen (secondary N) is 1. The van der Waals surface area contributed by atoms with E-state index in [1.165, 1.54) is 6.33 Å². The van der Waals surface area contributed by atoms with Crippen LogP contribution in [0.5, 0.6) is 0 Å². The van der Waals surface area contributed by atoms with Gasteiger partial charge in [0.2, 0.25) is 0 Å². The Morgan fingerprint density at radius 2 is 2.09 bits per heavy atom. The number of rotatable bonds is 4. The fraction of sp³-hybridized carbons (Fsp3) is 0.348. The summed E-state index contributed by atoms with van der Waals surface area (Å²) in [4.78, 5) is 41.1. The van der Waals surface area contributed by atoms with Crippen LogP contribution in [0.1, 0.15) is 24.1 Å². The summed E-state index contributed by atoms with van der Waals surface area (Å²) < 4.78 is 11.5. The smallest absolute Gasteiger partial charge is 0.411 e. The highest BCUT2D eigenvalue weighted by atomic mass is 16.6.